The van der Waals surface area contributed by atoms with Gasteiger partial charge in [-0.2, -0.15) is 0 Å². The maximum atomic E-state index is 12.6. The van der Waals surface area contributed by atoms with Crippen LogP contribution in [0, 0.1) is 5.41 Å². The van der Waals surface area contributed by atoms with Crippen molar-refractivity contribution >= 4 is 29.1 Å². The predicted octanol–water partition coefficient (Wildman–Crippen LogP) is 3.72. The van der Waals surface area contributed by atoms with Crippen LogP contribution in [0.1, 0.15) is 33.3 Å². The molecule has 20 heavy (non-hydrogen) atoms. The number of hydrogen-bond donors (Lipinski definition) is 1. The molecular formula is C15H22Cl2N2O. The predicted molar refractivity (Wildman–Crippen MR) is 85.0 cm³/mol. The molecule has 1 aromatic rings. The fourth-order valence-corrected chi connectivity index (χ4v) is 2.20. The van der Waals surface area contributed by atoms with Crippen LogP contribution >= 0.6 is 23.2 Å². The number of carbonyl (C=O) groups excluding carboxylic acids is 1. The lowest BCUT2D eigenvalue weighted by molar-refractivity contribution is -0.142. The molecule has 1 aromatic carbocycles. The van der Waals surface area contributed by atoms with E-state index in [1.807, 2.05) is 33.8 Å². The fourth-order valence-electron chi connectivity index (χ4n) is 1.73. The Labute approximate surface area is 131 Å². The highest BCUT2D eigenvalue weighted by Gasteiger charge is 2.41. The first-order valence-electron chi connectivity index (χ1n) is 6.45. The lowest BCUT2D eigenvalue weighted by atomic mass is 9.74. The summed E-state index contributed by atoms with van der Waals surface area (Å²) in [5, 5.41) is 1.14. The van der Waals surface area contributed by atoms with E-state index in [1.165, 1.54) is 0 Å². The molecule has 0 aliphatic carbocycles. The summed E-state index contributed by atoms with van der Waals surface area (Å²) in [6.45, 7) is 7.85. The zero-order chi connectivity index (χ0) is 15.7. The van der Waals surface area contributed by atoms with Crippen LogP contribution in [-0.2, 0) is 11.3 Å². The van der Waals surface area contributed by atoms with E-state index < -0.39 is 11.0 Å². The molecule has 0 spiro atoms. The third kappa shape index (κ3) is 3.66. The van der Waals surface area contributed by atoms with E-state index in [0.29, 0.717) is 16.6 Å². The molecule has 2 N–H and O–H groups in total. The molecule has 0 radical (unpaired) electrons. The Morgan fingerprint density at radius 1 is 1.25 bits per heavy atom. The van der Waals surface area contributed by atoms with Crippen molar-refractivity contribution in [2.24, 2.45) is 11.1 Å². The number of nitrogens with two attached hydrogens (primary N) is 1. The Balaban J connectivity index is 2.91. The molecule has 0 saturated carbocycles. The molecule has 0 bridgehead atoms. The van der Waals surface area contributed by atoms with Gasteiger partial charge >= 0.3 is 0 Å². The van der Waals surface area contributed by atoms with E-state index in [2.05, 4.69) is 0 Å². The number of amides is 1. The molecule has 0 unspecified atom stereocenters. The molecule has 0 heterocycles. The molecule has 0 aromatic heterocycles. The summed E-state index contributed by atoms with van der Waals surface area (Å²) in [4.78, 5) is 14.2. The summed E-state index contributed by atoms with van der Waals surface area (Å²) in [6, 6.07) is 5.27. The third-order valence-corrected chi connectivity index (χ3v) is 4.50. The van der Waals surface area contributed by atoms with Gasteiger partial charge in [0, 0.05) is 29.2 Å². The van der Waals surface area contributed by atoms with Gasteiger partial charge in [-0.15, -0.1) is 0 Å². The molecule has 0 saturated heterocycles. The highest BCUT2D eigenvalue weighted by Crippen LogP contribution is 2.31. The minimum atomic E-state index is -0.666. The van der Waals surface area contributed by atoms with E-state index in [0.717, 1.165) is 5.56 Å². The van der Waals surface area contributed by atoms with Gasteiger partial charge in [0.05, 0.1) is 5.41 Å². The first-order chi connectivity index (χ1) is 8.96. The van der Waals surface area contributed by atoms with Crippen molar-refractivity contribution in [3.05, 3.63) is 33.8 Å². The zero-order valence-electron chi connectivity index (χ0n) is 12.6. The number of rotatable bonds is 4. The third-order valence-electron chi connectivity index (χ3n) is 3.91. The zero-order valence-corrected chi connectivity index (χ0v) is 14.1. The molecule has 0 aliphatic rings. The molecule has 1 amide bonds. The first-order valence-corrected chi connectivity index (χ1v) is 7.21. The first kappa shape index (κ1) is 17.3. The Bertz CT molecular complexity index is 507. The highest BCUT2D eigenvalue weighted by molar-refractivity contribution is 6.35. The van der Waals surface area contributed by atoms with Crippen molar-refractivity contribution in [3.8, 4) is 0 Å². The van der Waals surface area contributed by atoms with Crippen molar-refractivity contribution in [2.75, 3.05) is 7.05 Å². The number of halogens is 2. The number of carbonyl (C=O) groups is 1. The summed E-state index contributed by atoms with van der Waals surface area (Å²) in [7, 11) is 1.75. The molecule has 3 nitrogen and oxygen atoms in total. The lowest BCUT2D eigenvalue weighted by Gasteiger charge is -2.39. The summed E-state index contributed by atoms with van der Waals surface area (Å²) in [5.41, 5.74) is 5.69. The second kappa shape index (κ2) is 5.92. The largest absolute Gasteiger partial charge is 0.341 e. The SMILES string of the molecule is CN(Cc1ccc(Cl)cc1Cl)C(=O)C(C)(C)C(C)(C)N. The molecule has 1 rings (SSSR count). The topological polar surface area (TPSA) is 46.3 Å². The Kier molecular flexibility index (Phi) is 5.12. The van der Waals surface area contributed by atoms with Gasteiger partial charge in [-0.05, 0) is 45.4 Å². The molecule has 0 aliphatic heterocycles. The molecule has 0 fully saturated rings. The van der Waals surface area contributed by atoms with Crippen LogP contribution in [0.25, 0.3) is 0 Å². The van der Waals surface area contributed by atoms with Crippen LogP contribution in [0.15, 0.2) is 18.2 Å². The second-order valence-electron chi connectivity index (χ2n) is 6.24. The minimum absolute atomic E-state index is 0.0176. The van der Waals surface area contributed by atoms with E-state index >= 15 is 0 Å². The van der Waals surface area contributed by atoms with Crippen molar-refractivity contribution in [3.63, 3.8) is 0 Å². The van der Waals surface area contributed by atoms with Gasteiger partial charge < -0.3 is 10.6 Å². The van der Waals surface area contributed by atoms with E-state index in [1.54, 1.807) is 24.1 Å². The van der Waals surface area contributed by atoms with Crippen LogP contribution in [0.2, 0.25) is 10.0 Å². The maximum absolute atomic E-state index is 12.6. The average Bonchev–Trinajstić information content (AvgIpc) is 2.30. The van der Waals surface area contributed by atoms with E-state index in [4.69, 9.17) is 28.9 Å². The Morgan fingerprint density at radius 2 is 1.80 bits per heavy atom. The average molecular weight is 317 g/mol. The number of benzene rings is 1. The standard InChI is InChI=1S/C15H22Cl2N2O/c1-14(2,15(3,4)18)13(20)19(5)9-10-6-7-11(16)8-12(10)17/h6-8H,9,18H2,1-5H3. The molecule has 112 valence electrons. The summed E-state index contributed by atoms with van der Waals surface area (Å²) < 4.78 is 0. The van der Waals surface area contributed by atoms with Gasteiger partial charge in [0.25, 0.3) is 0 Å². The van der Waals surface area contributed by atoms with Crippen molar-refractivity contribution < 1.29 is 4.79 Å². The van der Waals surface area contributed by atoms with Gasteiger partial charge in [0.2, 0.25) is 5.91 Å². The van der Waals surface area contributed by atoms with Crippen LogP contribution in [0.5, 0.6) is 0 Å². The normalized spacial score (nSPS) is 12.4. The van der Waals surface area contributed by atoms with Crippen LogP contribution in [0.4, 0.5) is 0 Å². The smallest absolute Gasteiger partial charge is 0.230 e. The summed E-state index contributed by atoms with van der Waals surface area (Å²) in [6.07, 6.45) is 0. The van der Waals surface area contributed by atoms with Crippen molar-refractivity contribution in [2.45, 2.75) is 39.8 Å². The Morgan fingerprint density at radius 3 is 2.25 bits per heavy atom. The highest BCUT2D eigenvalue weighted by atomic mass is 35.5. The van der Waals surface area contributed by atoms with Gasteiger partial charge in [0.15, 0.2) is 0 Å². The lowest BCUT2D eigenvalue weighted by Crippen LogP contribution is -2.55. The minimum Gasteiger partial charge on any atom is -0.341 e. The van der Waals surface area contributed by atoms with Crippen molar-refractivity contribution in [1.29, 1.82) is 0 Å². The Hall–Kier alpha value is -0.770. The van der Waals surface area contributed by atoms with Crippen LogP contribution in [-0.4, -0.2) is 23.4 Å². The summed E-state index contributed by atoms with van der Waals surface area (Å²) in [5.74, 6) is -0.0176. The van der Waals surface area contributed by atoms with Gasteiger partial charge in [-0.3, -0.25) is 4.79 Å². The van der Waals surface area contributed by atoms with Gasteiger partial charge in [-0.25, -0.2) is 0 Å². The maximum Gasteiger partial charge on any atom is 0.230 e. The molecule has 0 atom stereocenters. The van der Waals surface area contributed by atoms with E-state index in [9.17, 15) is 4.79 Å². The van der Waals surface area contributed by atoms with Gasteiger partial charge in [-0.1, -0.05) is 29.3 Å². The summed E-state index contributed by atoms with van der Waals surface area (Å²) >= 11 is 12.0. The second-order valence-corrected chi connectivity index (χ2v) is 7.09. The van der Waals surface area contributed by atoms with E-state index in [-0.39, 0.29) is 5.91 Å². The molecular weight excluding hydrogens is 295 g/mol. The quantitative estimate of drug-likeness (QED) is 0.920. The molecule has 5 heteroatoms. The number of hydrogen-bond acceptors (Lipinski definition) is 2. The van der Waals surface area contributed by atoms with Crippen molar-refractivity contribution in [1.82, 2.24) is 4.90 Å². The fraction of sp³-hybridized carbons (Fsp3) is 0.533. The van der Waals surface area contributed by atoms with Gasteiger partial charge in [0.1, 0.15) is 0 Å². The monoisotopic (exact) mass is 316 g/mol. The van der Waals surface area contributed by atoms with Crippen LogP contribution in [0.3, 0.4) is 0 Å². The van der Waals surface area contributed by atoms with Crippen LogP contribution < -0.4 is 5.73 Å². The number of nitrogens with zero attached hydrogens (tertiary/aromatic N) is 1.